The molecule has 0 N–H and O–H groups in total. The Hall–Kier alpha value is -1.62. The van der Waals surface area contributed by atoms with Crippen molar-refractivity contribution in [1.29, 1.82) is 0 Å². The number of hydrogen-bond acceptors (Lipinski definition) is 4. The van der Waals surface area contributed by atoms with Crippen LogP contribution in [0.3, 0.4) is 0 Å². The minimum atomic E-state index is 0.355. The van der Waals surface area contributed by atoms with E-state index in [2.05, 4.69) is 52.1 Å². The molecule has 0 aliphatic carbocycles. The summed E-state index contributed by atoms with van der Waals surface area (Å²) in [7, 11) is 2.06. The molecule has 108 valence electrons. The molecule has 0 radical (unpaired) electrons. The Morgan fingerprint density at radius 1 is 1.40 bits per heavy atom. The maximum Gasteiger partial charge on any atom is 0.221 e. The summed E-state index contributed by atoms with van der Waals surface area (Å²) in [6.07, 6.45) is 6.60. The molecule has 1 aliphatic heterocycles. The number of aromatic nitrogens is 3. The van der Waals surface area contributed by atoms with Crippen molar-refractivity contribution >= 4 is 0 Å². The molecule has 3 heterocycles. The molecule has 0 saturated carbocycles. The highest BCUT2D eigenvalue weighted by atomic mass is 16.4. The molecular weight excluding hydrogens is 252 g/mol. The minimum absolute atomic E-state index is 0.355. The third-order valence-corrected chi connectivity index (χ3v) is 4.26. The zero-order chi connectivity index (χ0) is 14.1. The predicted molar refractivity (Wildman–Crippen MR) is 76.3 cm³/mol. The van der Waals surface area contributed by atoms with Crippen LogP contribution < -0.4 is 0 Å². The van der Waals surface area contributed by atoms with Gasteiger partial charge in [0.05, 0.1) is 5.92 Å². The number of nitrogens with zero attached hydrogens (tertiary/aromatic N) is 4. The van der Waals surface area contributed by atoms with Crippen LogP contribution in [0.5, 0.6) is 0 Å². The second kappa shape index (κ2) is 5.40. The summed E-state index contributed by atoms with van der Waals surface area (Å²) in [5.41, 5.74) is 1.36. The molecule has 5 heteroatoms. The van der Waals surface area contributed by atoms with E-state index in [1.807, 2.05) is 6.92 Å². The minimum Gasteiger partial charge on any atom is -0.425 e. The molecule has 0 bridgehead atoms. The van der Waals surface area contributed by atoms with Crippen molar-refractivity contribution in [2.24, 2.45) is 7.05 Å². The Balaban J connectivity index is 1.73. The molecule has 2 aromatic rings. The fourth-order valence-corrected chi connectivity index (χ4v) is 3.12. The van der Waals surface area contributed by atoms with Crippen LogP contribution in [0.25, 0.3) is 0 Å². The molecule has 2 aromatic heterocycles. The lowest BCUT2D eigenvalue weighted by Gasteiger charge is -2.37. The van der Waals surface area contributed by atoms with E-state index in [-0.39, 0.29) is 0 Å². The van der Waals surface area contributed by atoms with Crippen molar-refractivity contribution in [2.75, 3.05) is 6.54 Å². The van der Waals surface area contributed by atoms with Gasteiger partial charge < -0.3 is 8.98 Å². The molecule has 0 unspecified atom stereocenters. The van der Waals surface area contributed by atoms with Gasteiger partial charge in [-0.1, -0.05) is 0 Å². The standard InChI is InChI=1S/C15H22N4O/c1-11-14(15-17-16-12(2)20-15)5-4-7-19(11)10-13-6-8-18(3)9-13/h6,8-9,11,14H,4-5,7,10H2,1-3H3/t11-,14-/m0/s1. The Labute approximate surface area is 119 Å². The summed E-state index contributed by atoms with van der Waals surface area (Å²) in [5.74, 6) is 1.81. The number of likely N-dealkylation sites (tertiary alicyclic amines) is 1. The summed E-state index contributed by atoms with van der Waals surface area (Å²) >= 11 is 0. The first-order valence-corrected chi connectivity index (χ1v) is 7.28. The van der Waals surface area contributed by atoms with Crippen LogP contribution in [-0.2, 0) is 13.6 Å². The molecular formula is C15H22N4O. The van der Waals surface area contributed by atoms with Crippen LogP contribution in [0, 0.1) is 6.92 Å². The second-order valence-corrected chi connectivity index (χ2v) is 5.80. The Morgan fingerprint density at radius 2 is 2.25 bits per heavy atom. The number of hydrogen-bond donors (Lipinski definition) is 0. The highest BCUT2D eigenvalue weighted by molar-refractivity contribution is 5.11. The summed E-state index contributed by atoms with van der Waals surface area (Å²) in [6.45, 7) is 6.25. The molecule has 1 saturated heterocycles. The Morgan fingerprint density at radius 3 is 2.90 bits per heavy atom. The third kappa shape index (κ3) is 2.63. The molecule has 2 atom stereocenters. The molecule has 0 amide bonds. The van der Waals surface area contributed by atoms with Gasteiger partial charge in [0.2, 0.25) is 11.8 Å². The molecule has 1 fully saturated rings. The van der Waals surface area contributed by atoms with Crippen molar-refractivity contribution < 1.29 is 4.42 Å². The quantitative estimate of drug-likeness (QED) is 0.862. The normalized spacial score (nSPS) is 24.1. The van der Waals surface area contributed by atoms with Crippen LogP contribution in [0.2, 0.25) is 0 Å². The van der Waals surface area contributed by atoms with Gasteiger partial charge in [0.15, 0.2) is 0 Å². The largest absolute Gasteiger partial charge is 0.425 e. The zero-order valence-corrected chi connectivity index (χ0v) is 12.4. The predicted octanol–water partition coefficient (Wildman–Crippen LogP) is 2.48. The lowest BCUT2D eigenvalue weighted by molar-refractivity contribution is 0.119. The number of rotatable bonds is 3. The molecule has 1 aliphatic rings. The van der Waals surface area contributed by atoms with Gasteiger partial charge in [-0.15, -0.1) is 10.2 Å². The summed E-state index contributed by atoms with van der Waals surface area (Å²) in [4.78, 5) is 2.52. The van der Waals surface area contributed by atoms with E-state index in [9.17, 15) is 0 Å². The van der Waals surface area contributed by atoms with Gasteiger partial charge in [-0.3, -0.25) is 4.90 Å². The van der Waals surface area contributed by atoms with Crippen LogP contribution >= 0.6 is 0 Å². The van der Waals surface area contributed by atoms with Crippen LogP contribution in [0.4, 0.5) is 0 Å². The van der Waals surface area contributed by atoms with Gasteiger partial charge in [-0.2, -0.15) is 0 Å². The van der Waals surface area contributed by atoms with E-state index in [4.69, 9.17) is 4.42 Å². The van der Waals surface area contributed by atoms with Crippen LogP contribution in [0.15, 0.2) is 22.9 Å². The Bertz CT molecular complexity index is 574. The van der Waals surface area contributed by atoms with Crippen molar-refractivity contribution in [2.45, 2.75) is 45.2 Å². The maximum atomic E-state index is 5.64. The third-order valence-electron chi connectivity index (χ3n) is 4.26. The average molecular weight is 274 g/mol. The van der Waals surface area contributed by atoms with Crippen molar-refractivity contribution in [3.63, 3.8) is 0 Å². The first-order chi connectivity index (χ1) is 9.63. The van der Waals surface area contributed by atoms with Crippen LogP contribution in [0.1, 0.15) is 43.0 Å². The first-order valence-electron chi connectivity index (χ1n) is 7.28. The van der Waals surface area contributed by atoms with Crippen molar-refractivity contribution in [3.05, 3.63) is 35.8 Å². The summed E-state index contributed by atoms with van der Waals surface area (Å²) in [6, 6.07) is 2.62. The van der Waals surface area contributed by atoms with E-state index < -0.39 is 0 Å². The number of aryl methyl sites for hydroxylation is 2. The molecule has 20 heavy (non-hydrogen) atoms. The SMILES string of the molecule is Cc1nnc([C@H]2CCCN(Cc3ccn(C)c3)[C@H]2C)o1. The molecule has 3 rings (SSSR count). The molecule has 0 spiro atoms. The van der Waals surface area contributed by atoms with Gasteiger partial charge >= 0.3 is 0 Å². The van der Waals surface area contributed by atoms with Gasteiger partial charge in [0.25, 0.3) is 0 Å². The maximum absolute atomic E-state index is 5.64. The fourth-order valence-electron chi connectivity index (χ4n) is 3.12. The number of piperidine rings is 1. The van der Waals surface area contributed by atoms with Gasteiger partial charge in [0, 0.05) is 39.0 Å². The van der Waals surface area contributed by atoms with Gasteiger partial charge in [0.1, 0.15) is 0 Å². The van der Waals surface area contributed by atoms with E-state index in [0.717, 1.165) is 25.4 Å². The highest BCUT2D eigenvalue weighted by Crippen LogP contribution is 2.32. The van der Waals surface area contributed by atoms with Crippen molar-refractivity contribution in [1.82, 2.24) is 19.7 Å². The average Bonchev–Trinajstić information content (AvgIpc) is 3.01. The van der Waals surface area contributed by atoms with E-state index in [1.165, 1.54) is 12.0 Å². The Kier molecular flexibility index (Phi) is 3.61. The zero-order valence-electron chi connectivity index (χ0n) is 12.4. The summed E-state index contributed by atoms with van der Waals surface area (Å²) in [5, 5.41) is 8.19. The van der Waals surface area contributed by atoms with Gasteiger partial charge in [-0.25, -0.2) is 0 Å². The molecule has 5 nitrogen and oxygen atoms in total. The fraction of sp³-hybridized carbons (Fsp3) is 0.600. The lowest BCUT2D eigenvalue weighted by Crippen LogP contribution is -2.41. The van der Waals surface area contributed by atoms with E-state index in [0.29, 0.717) is 17.9 Å². The van der Waals surface area contributed by atoms with Gasteiger partial charge in [-0.05, 0) is 37.9 Å². The smallest absolute Gasteiger partial charge is 0.221 e. The highest BCUT2D eigenvalue weighted by Gasteiger charge is 2.32. The van der Waals surface area contributed by atoms with Crippen LogP contribution in [-0.4, -0.2) is 32.3 Å². The molecule has 0 aromatic carbocycles. The first kappa shape index (κ1) is 13.4. The van der Waals surface area contributed by atoms with Crippen molar-refractivity contribution in [3.8, 4) is 0 Å². The lowest BCUT2D eigenvalue weighted by atomic mass is 9.90. The second-order valence-electron chi connectivity index (χ2n) is 5.80. The summed E-state index contributed by atoms with van der Waals surface area (Å²) < 4.78 is 7.74. The van der Waals surface area contributed by atoms with E-state index >= 15 is 0 Å². The van der Waals surface area contributed by atoms with E-state index in [1.54, 1.807) is 0 Å². The topological polar surface area (TPSA) is 47.1 Å². The monoisotopic (exact) mass is 274 g/mol.